The first kappa shape index (κ1) is 8.99. The van der Waals surface area contributed by atoms with E-state index in [0.717, 1.165) is 6.07 Å². The predicted molar refractivity (Wildman–Crippen MR) is 45.5 cm³/mol. The van der Waals surface area contributed by atoms with Crippen molar-refractivity contribution in [3.63, 3.8) is 0 Å². The molecule has 1 aromatic rings. The molecule has 0 spiro atoms. The summed E-state index contributed by atoms with van der Waals surface area (Å²) in [6.07, 6.45) is 0.298. The highest BCUT2D eigenvalue weighted by molar-refractivity contribution is 9.10. The van der Waals surface area contributed by atoms with E-state index in [1.165, 1.54) is 6.07 Å². The number of nitrogens with one attached hydrogen (secondary N) is 1. The molecule has 0 unspecified atom stereocenters. The molecule has 3 nitrogen and oxygen atoms in total. The summed E-state index contributed by atoms with van der Waals surface area (Å²) in [6.45, 7) is 0. The van der Waals surface area contributed by atoms with Crippen LogP contribution in [0.2, 0.25) is 0 Å². The van der Waals surface area contributed by atoms with Gasteiger partial charge in [-0.1, -0.05) is 15.9 Å². The van der Waals surface area contributed by atoms with Crippen LogP contribution in [0.5, 0.6) is 5.75 Å². The number of phenolic OH excluding ortho intramolecular Hbond substituents is 1. The molecular weight excluding hydrogens is 229 g/mol. The van der Waals surface area contributed by atoms with Gasteiger partial charge in [-0.3, -0.25) is 4.79 Å². The van der Waals surface area contributed by atoms with Crippen molar-refractivity contribution in [1.29, 1.82) is 0 Å². The summed E-state index contributed by atoms with van der Waals surface area (Å²) < 4.78 is 13.3. The fourth-order valence-corrected chi connectivity index (χ4v) is 1.18. The average Bonchev–Trinajstić information content (AvgIpc) is 1.96. The lowest BCUT2D eigenvalue weighted by Crippen LogP contribution is -1.97. The SMILES string of the molecule is O=CNc1c(O)cc(Br)cc1F. The van der Waals surface area contributed by atoms with Gasteiger partial charge in [0, 0.05) is 4.47 Å². The van der Waals surface area contributed by atoms with Gasteiger partial charge in [-0.25, -0.2) is 4.39 Å². The molecule has 0 aliphatic carbocycles. The van der Waals surface area contributed by atoms with Crippen molar-refractivity contribution >= 4 is 28.0 Å². The third-order valence-corrected chi connectivity index (χ3v) is 1.70. The fraction of sp³-hybridized carbons (Fsp3) is 0. The van der Waals surface area contributed by atoms with Gasteiger partial charge in [0.2, 0.25) is 6.41 Å². The van der Waals surface area contributed by atoms with Crippen LogP contribution in [0.15, 0.2) is 16.6 Å². The van der Waals surface area contributed by atoms with E-state index in [1.807, 2.05) is 5.32 Å². The number of amides is 1. The highest BCUT2D eigenvalue weighted by atomic mass is 79.9. The summed E-state index contributed by atoms with van der Waals surface area (Å²) in [6, 6.07) is 2.43. The van der Waals surface area contributed by atoms with E-state index >= 15 is 0 Å². The lowest BCUT2D eigenvalue weighted by atomic mass is 10.3. The van der Waals surface area contributed by atoms with Crippen LogP contribution in [0.3, 0.4) is 0 Å². The lowest BCUT2D eigenvalue weighted by molar-refractivity contribution is -0.105. The Morgan fingerprint density at radius 1 is 1.58 bits per heavy atom. The second-order valence-corrected chi connectivity index (χ2v) is 2.96. The smallest absolute Gasteiger partial charge is 0.211 e. The average molecular weight is 234 g/mol. The lowest BCUT2D eigenvalue weighted by Gasteiger charge is -2.03. The molecule has 1 aromatic carbocycles. The summed E-state index contributed by atoms with van der Waals surface area (Å²) in [5, 5.41) is 11.2. The molecule has 0 saturated heterocycles. The second-order valence-electron chi connectivity index (χ2n) is 2.04. The number of hydrogen-bond donors (Lipinski definition) is 2. The number of anilines is 1. The van der Waals surface area contributed by atoms with Crippen LogP contribution in [0.4, 0.5) is 10.1 Å². The minimum atomic E-state index is -0.686. The maximum atomic E-state index is 12.9. The zero-order valence-electron chi connectivity index (χ0n) is 5.84. The van der Waals surface area contributed by atoms with Crippen LogP contribution in [-0.4, -0.2) is 11.5 Å². The van der Waals surface area contributed by atoms with E-state index < -0.39 is 5.82 Å². The molecule has 0 fully saturated rings. The van der Waals surface area contributed by atoms with Crippen molar-refractivity contribution in [3.8, 4) is 5.75 Å². The van der Waals surface area contributed by atoms with Crippen LogP contribution in [0.1, 0.15) is 0 Å². The van der Waals surface area contributed by atoms with Crippen molar-refractivity contribution in [1.82, 2.24) is 0 Å². The Kier molecular flexibility index (Phi) is 2.65. The van der Waals surface area contributed by atoms with E-state index in [1.54, 1.807) is 0 Å². The molecule has 64 valence electrons. The Hall–Kier alpha value is -1.10. The minimum Gasteiger partial charge on any atom is -0.506 e. The normalized spacial score (nSPS) is 9.50. The van der Waals surface area contributed by atoms with Gasteiger partial charge in [0.1, 0.15) is 11.4 Å². The van der Waals surface area contributed by atoms with E-state index in [-0.39, 0.29) is 11.4 Å². The molecule has 12 heavy (non-hydrogen) atoms. The quantitative estimate of drug-likeness (QED) is 0.606. The Morgan fingerprint density at radius 2 is 2.25 bits per heavy atom. The van der Waals surface area contributed by atoms with Crippen LogP contribution in [0, 0.1) is 5.82 Å². The first-order chi connectivity index (χ1) is 5.65. The van der Waals surface area contributed by atoms with Crippen molar-refractivity contribution in [3.05, 3.63) is 22.4 Å². The number of halogens is 2. The van der Waals surface area contributed by atoms with Crippen LogP contribution < -0.4 is 5.32 Å². The number of benzene rings is 1. The van der Waals surface area contributed by atoms with Gasteiger partial charge >= 0.3 is 0 Å². The minimum absolute atomic E-state index is 0.215. The third-order valence-electron chi connectivity index (χ3n) is 1.24. The van der Waals surface area contributed by atoms with Gasteiger partial charge in [0.05, 0.1) is 0 Å². The highest BCUT2D eigenvalue weighted by Crippen LogP contribution is 2.29. The molecule has 5 heteroatoms. The number of aromatic hydroxyl groups is 1. The number of carbonyl (C=O) groups excluding carboxylic acids is 1. The number of hydrogen-bond acceptors (Lipinski definition) is 2. The molecule has 0 heterocycles. The maximum absolute atomic E-state index is 12.9. The van der Waals surface area contributed by atoms with E-state index in [4.69, 9.17) is 5.11 Å². The van der Waals surface area contributed by atoms with Crippen LogP contribution >= 0.6 is 15.9 Å². The summed E-state index contributed by atoms with van der Waals surface area (Å²) >= 11 is 2.98. The Morgan fingerprint density at radius 3 is 2.75 bits per heavy atom. The van der Waals surface area contributed by atoms with Gasteiger partial charge in [-0.2, -0.15) is 0 Å². The van der Waals surface area contributed by atoms with E-state index in [9.17, 15) is 9.18 Å². The Bertz CT molecular complexity index is 293. The summed E-state index contributed by atoms with van der Waals surface area (Å²) in [7, 11) is 0. The van der Waals surface area contributed by atoms with Crippen molar-refractivity contribution < 1.29 is 14.3 Å². The summed E-state index contributed by atoms with van der Waals surface area (Å²) in [5.41, 5.74) is -0.215. The molecular formula is C7H5BrFNO2. The third kappa shape index (κ3) is 1.73. The second kappa shape index (κ2) is 3.53. The molecule has 1 rings (SSSR count). The molecule has 0 aliphatic heterocycles. The topological polar surface area (TPSA) is 49.3 Å². The number of carbonyl (C=O) groups is 1. The zero-order chi connectivity index (χ0) is 9.14. The van der Waals surface area contributed by atoms with Gasteiger partial charge in [0.15, 0.2) is 5.82 Å². The molecule has 0 aliphatic rings. The van der Waals surface area contributed by atoms with E-state index in [0.29, 0.717) is 10.9 Å². The monoisotopic (exact) mass is 233 g/mol. The molecule has 2 N–H and O–H groups in total. The van der Waals surface area contributed by atoms with Gasteiger partial charge in [-0.05, 0) is 12.1 Å². The molecule has 0 aromatic heterocycles. The summed E-state index contributed by atoms with van der Waals surface area (Å²) in [4.78, 5) is 9.96. The zero-order valence-corrected chi connectivity index (χ0v) is 7.43. The van der Waals surface area contributed by atoms with Crippen LogP contribution in [0.25, 0.3) is 0 Å². The first-order valence-electron chi connectivity index (χ1n) is 3.03. The highest BCUT2D eigenvalue weighted by Gasteiger charge is 2.07. The van der Waals surface area contributed by atoms with Gasteiger partial charge in [0.25, 0.3) is 0 Å². The van der Waals surface area contributed by atoms with Gasteiger partial charge < -0.3 is 10.4 Å². The molecule has 0 atom stereocenters. The number of phenols is 1. The first-order valence-corrected chi connectivity index (χ1v) is 3.82. The number of rotatable bonds is 2. The van der Waals surface area contributed by atoms with E-state index in [2.05, 4.69) is 15.9 Å². The predicted octanol–water partition coefficient (Wildman–Crippen LogP) is 1.86. The molecule has 0 radical (unpaired) electrons. The van der Waals surface area contributed by atoms with Gasteiger partial charge in [-0.15, -0.1) is 0 Å². The van der Waals surface area contributed by atoms with Crippen LogP contribution in [-0.2, 0) is 4.79 Å². The van der Waals surface area contributed by atoms with Crippen molar-refractivity contribution in [2.24, 2.45) is 0 Å². The standard InChI is InChI=1S/C7H5BrFNO2/c8-4-1-5(9)7(10-3-11)6(12)2-4/h1-3,12H,(H,10,11). The maximum Gasteiger partial charge on any atom is 0.211 e. The fourth-order valence-electron chi connectivity index (χ4n) is 0.762. The molecule has 1 amide bonds. The van der Waals surface area contributed by atoms with Crippen molar-refractivity contribution in [2.75, 3.05) is 5.32 Å². The summed E-state index contributed by atoms with van der Waals surface area (Å²) in [5.74, 6) is -0.997. The Balaban J connectivity index is 3.18. The Labute approximate surface area is 76.3 Å². The van der Waals surface area contributed by atoms with Crippen molar-refractivity contribution in [2.45, 2.75) is 0 Å². The molecule has 0 saturated carbocycles. The molecule has 0 bridgehead atoms. The largest absolute Gasteiger partial charge is 0.506 e.